The molecule has 5 nitrogen and oxygen atoms in total. The number of nitrogens with one attached hydrogen (secondary N) is 1. The van der Waals surface area contributed by atoms with E-state index in [0.29, 0.717) is 23.0 Å². The second-order valence-corrected chi connectivity index (χ2v) is 7.71. The Labute approximate surface area is 131 Å². The Bertz CT molecular complexity index is 588. The zero-order chi connectivity index (χ0) is 16.0. The number of rotatable bonds is 7. The molecule has 0 aromatic heterocycles. The van der Waals surface area contributed by atoms with Crippen LogP contribution in [0, 0.1) is 5.92 Å². The third-order valence-electron chi connectivity index (χ3n) is 2.80. The molecule has 1 aromatic rings. The van der Waals surface area contributed by atoms with Crippen LogP contribution in [0.3, 0.4) is 0 Å². The highest BCUT2D eigenvalue weighted by molar-refractivity contribution is 7.88. The van der Waals surface area contributed by atoms with Gasteiger partial charge in [-0.2, -0.15) is 4.31 Å². The maximum absolute atomic E-state index is 11.8. The minimum atomic E-state index is -3.50. The molecule has 1 rings (SSSR count). The normalized spacial score (nSPS) is 11.9. The summed E-state index contributed by atoms with van der Waals surface area (Å²) < 4.78 is 24.8. The number of amides is 1. The van der Waals surface area contributed by atoms with Crippen LogP contribution in [-0.2, 0) is 21.4 Å². The minimum Gasteiger partial charge on any atom is -0.355 e. The molecule has 0 radical (unpaired) electrons. The molecule has 1 N–H and O–H groups in total. The van der Waals surface area contributed by atoms with E-state index in [1.165, 1.54) is 0 Å². The second kappa shape index (κ2) is 7.77. The molecule has 0 heterocycles. The molecule has 0 spiro atoms. The van der Waals surface area contributed by atoms with Gasteiger partial charge in [-0.05, 0) is 17.5 Å². The first-order valence-corrected chi connectivity index (χ1v) is 8.88. The average Bonchev–Trinajstić information content (AvgIpc) is 2.37. The highest BCUT2D eigenvalue weighted by Crippen LogP contribution is 2.18. The van der Waals surface area contributed by atoms with E-state index in [9.17, 15) is 13.2 Å². The molecule has 0 saturated heterocycles. The van der Waals surface area contributed by atoms with Crippen molar-refractivity contribution >= 4 is 27.5 Å². The first kappa shape index (κ1) is 17.9. The Morgan fingerprint density at radius 3 is 2.48 bits per heavy atom. The van der Waals surface area contributed by atoms with E-state index >= 15 is 0 Å². The number of hydrogen-bond acceptors (Lipinski definition) is 3. The smallest absolute Gasteiger partial charge is 0.235 e. The van der Waals surface area contributed by atoms with Gasteiger partial charge in [0.1, 0.15) is 0 Å². The summed E-state index contributed by atoms with van der Waals surface area (Å²) in [6.07, 6.45) is 1.08. The number of halogens is 1. The van der Waals surface area contributed by atoms with Gasteiger partial charge in [0.25, 0.3) is 0 Å². The van der Waals surface area contributed by atoms with Gasteiger partial charge in [-0.1, -0.05) is 43.6 Å². The molecular formula is C14H21ClN2O3S. The predicted molar refractivity (Wildman–Crippen MR) is 84.6 cm³/mol. The maximum atomic E-state index is 11.8. The average molecular weight is 333 g/mol. The number of sulfonamides is 1. The molecule has 0 unspecified atom stereocenters. The van der Waals surface area contributed by atoms with Crippen LogP contribution in [0.5, 0.6) is 0 Å². The van der Waals surface area contributed by atoms with Crippen LogP contribution in [-0.4, -0.2) is 38.0 Å². The van der Waals surface area contributed by atoms with Crippen LogP contribution in [0.1, 0.15) is 19.4 Å². The Kier molecular flexibility index (Phi) is 6.64. The van der Waals surface area contributed by atoms with Crippen LogP contribution in [0.4, 0.5) is 0 Å². The topological polar surface area (TPSA) is 66.5 Å². The van der Waals surface area contributed by atoms with Gasteiger partial charge in [-0.25, -0.2) is 8.42 Å². The molecule has 0 aliphatic rings. The Morgan fingerprint density at radius 1 is 1.33 bits per heavy atom. The van der Waals surface area contributed by atoms with E-state index in [0.717, 1.165) is 10.6 Å². The highest BCUT2D eigenvalue weighted by atomic mass is 35.5. The summed E-state index contributed by atoms with van der Waals surface area (Å²) in [5.74, 6) is -0.00891. The summed E-state index contributed by atoms with van der Waals surface area (Å²) in [6, 6.07) is 6.98. The standard InChI is InChI=1S/C14H21ClN2O3S/c1-11(2)8-16-14(18)10-17(21(3,19)20)9-12-6-4-5-7-13(12)15/h4-7,11H,8-10H2,1-3H3,(H,16,18). The first-order chi connectivity index (χ1) is 9.70. The SMILES string of the molecule is CC(C)CNC(=O)CN(Cc1ccccc1Cl)S(C)(=O)=O. The summed E-state index contributed by atoms with van der Waals surface area (Å²) in [6.45, 7) is 4.32. The van der Waals surface area contributed by atoms with Crippen molar-refractivity contribution in [3.63, 3.8) is 0 Å². The second-order valence-electron chi connectivity index (χ2n) is 5.32. The lowest BCUT2D eigenvalue weighted by Crippen LogP contribution is -2.40. The van der Waals surface area contributed by atoms with Crippen molar-refractivity contribution in [1.29, 1.82) is 0 Å². The Balaban J connectivity index is 2.79. The monoisotopic (exact) mass is 332 g/mol. The largest absolute Gasteiger partial charge is 0.355 e. The summed E-state index contributed by atoms with van der Waals surface area (Å²) in [5.41, 5.74) is 0.668. The van der Waals surface area contributed by atoms with Crippen LogP contribution < -0.4 is 5.32 Å². The molecule has 118 valence electrons. The van der Waals surface area contributed by atoms with E-state index in [1.54, 1.807) is 24.3 Å². The molecule has 0 bridgehead atoms. The molecule has 21 heavy (non-hydrogen) atoms. The van der Waals surface area contributed by atoms with E-state index < -0.39 is 10.0 Å². The molecule has 0 aliphatic carbocycles. The zero-order valence-corrected chi connectivity index (χ0v) is 14.0. The van der Waals surface area contributed by atoms with Crippen molar-refractivity contribution in [3.05, 3.63) is 34.9 Å². The van der Waals surface area contributed by atoms with Crippen molar-refractivity contribution in [3.8, 4) is 0 Å². The van der Waals surface area contributed by atoms with Crippen molar-refractivity contribution in [2.75, 3.05) is 19.3 Å². The Hall–Kier alpha value is -1.11. The summed E-state index contributed by atoms with van der Waals surface area (Å²) >= 11 is 6.04. The molecular weight excluding hydrogens is 312 g/mol. The number of benzene rings is 1. The van der Waals surface area contributed by atoms with E-state index in [-0.39, 0.29) is 19.0 Å². The quantitative estimate of drug-likeness (QED) is 0.829. The van der Waals surface area contributed by atoms with Crippen LogP contribution in [0.2, 0.25) is 5.02 Å². The van der Waals surface area contributed by atoms with E-state index in [1.807, 2.05) is 13.8 Å². The number of carbonyl (C=O) groups is 1. The molecule has 1 amide bonds. The van der Waals surface area contributed by atoms with Crippen molar-refractivity contribution in [2.24, 2.45) is 5.92 Å². The number of hydrogen-bond donors (Lipinski definition) is 1. The van der Waals surface area contributed by atoms with E-state index in [4.69, 9.17) is 11.6 Å². The lowest BCUT2D eigenvalue weighted by Gasteiger charge is -2.20. The fourth-order valence-electron chi connectivity index (χ4n) is 1.64. The van der Waals surface area contributed by atoms with Gasteiger partial charge in [0, 0.05) is 18.1 Å². The van der Waals surface area contributed by atoms with Crippen molar-refractivity contribution in [1.82, 2.24) is 9.62 Å². The minimum absolute atomic E-state index is 0.0770. The molecule has 0 saturated carbocycles. The molecule has 0 atom stereocenters. The summed E-state index contributed by atoms with van der Waals surface area (Å²) in [4.78, 5) is 11.8. The molecule has 0 aliphatic heterocycles. The number of nitrogens with zero attached hydrogens (tertiary/aromatic N) is 1. The third kappa shape index (κ3) is 6.46. The summed E-state index contributed by atoms with van der Waals surface area (Å²) in [7, 11) is -3.50. The fourth-order valence-corrected chi connectivity index (χ4v) is 2.56. The molecule has 7 heteroatoms. The van der Waals surface area contributed by atoms with Gasteiger partial charge in [0.05, 0.1) is 12.8 Å². The van der Waals surface area contributed by atoms with Gasteiger partial charge < -0.3 is 5.32 Å². The van der Waals surface area contributed by atoms with Gasteiger partial charge in [0.15, 0.2) is 0 Å². The van der Waals surface area contributed by atoms with Crippen molar-refractivity contribution in [2.45, 2.75) is 20.4 Å². The predicted octanol–water partition coefficient (Wildman–Crippen LogP) is 1.87. The zero-order valence-electron chi connectivity index (χ0n) is 12.5. The van der Waals surface area contributed by atoms with Crippen molar-refractivity contribution < 1.29 is 13.2 Å². The molecule has 1 aromatic carbocycles. The lowest BCUT2D eigenvalue weighted by molar-refractivity contribution is -0.121. The molecule has 0 fully saturated rings. The van der Waals surface area contributed by atoms with Crippen LogP contribution in [0.25, 0.3) is 0 Å². The van der Waals surface area contributed by atoms with Crippen LogP contribution in [0.15, 0.2) is 24.3 Å². The fraction of sp³-hybridized carbons (Fsp3) is 0.500. The Morgan fingerprint density at radius 2 is 1.95 bits per heavy atom. The van der Waals surface area contributed by atoms with Gasteiger partial charge >= 0.3 is 0 Å². The summed E-state index contributed by atoms with van der Waals surface area (Å²) in [5, 5.41) is 3.19. The first-order valence-electron chi connectivity index (χ1n) is 6.65. The van der Waals surface area contributed by atoms with Gasteiger partial charge in [-0.3, -0.25) is 4.79 Å². The van der Waals surface area contributed by atoms with E-state index in [2.05, 4.69) is 5.32 Å². The van der Waals surface area contributed by atoms with Crippen LogP contribution >= 0.6 is 11.6 Å². The van der Waals surface area contributed by atoms with Gasteiger partial charge in [-0.15, -0.1) is 0 Å². The number of carbonyl (C=O) groups excluding carboxylic acids is 1. The lowest BCUT2D eigenvalue weighted by atomic mass is 10.2. The van der Waals surface area contributed by atoms with Gasteiger partial charge in [0.2, 0.25) is 15.9 Å². The highest BCUT2D eigenvalue weighted by Gasteiger charge is 2.21. The maximum Gasteiger partial charge on any atom is 0.235 e. The third-order valence-corrected chi connectivity index (χ3v) is 4.37.